The number of carbonyl (C=O) groups is 1. The third kappa shape index (κ3) is 3.42. The number of nitrogens with one attached hydrogen (secondary N) is 1. The zero-order valence-electron chi connectivity index (χ0n) is 16.2. The summed E-state index contributed by atoms with van der Waals surface area (Å²) in [6.07, 6.45) is 5.31. The van der Waals surface area contributed by atoms with E-state index in [2.05, 4.69) is 27.3 Å². The maximum atomic E-state index is 12.8. The highest BCUT2D eigenvalue weighted by molar-refractivity contribution is 7.20. The molecule has 1 fully saturated rings. The molecule has 0 atom stereocenters. The molecule has 146 valence electrons. The van der Waals surface area contributed by atoms with Crippen molar-refractivity contribution in [2.24, 2.45) is 0 Å². The van der Waals surface area contributed by atoms with Crippen molar-refractivity contribution >= 4 is 38.8 Å². The van der Waals surface area contributed by atoms with Crippen LogP contribution in [-0.2, 0) is 6.54 Å². The van der Waals surface area contributed by atoms with Gasteiger partial charge >= 0.3 is 0 Å². The van der Waals surface area contributed by atoms with E-state index in [4.69, 9.17) is 0 Å². The van der Waals surface area contributed by atoms with Crippen LogP contribution in [0, 0.1) is 6.92 Å². The third-order valence-corrected chi connectivity index (χ3v) is 6.51. The molecule has 1 saturated heterocycles. The molecular formula is C21H24N4O2S. The van der Waals surface area contributed by atoms with E-state index in [0.29, 0.717) is 27.2 Å². The lowest BCUT2D eigenvalue weighted by molar-refractivity contribution is 0.103. The standard InChI is InChI=1S/C21H24N4O2S/c1-3-24-13-22-20-17(21(24)27)14(2)18(28-20)19(26)23-15-7-9-16(10-8-15)25-11-5-4-6-12-25/h7-10,13H,3-6,11-12H2,1-2H3,(H,23,26). The number of benzene rings is 1. The predicted molar refractivity (Wildman–Crippen MR) is 115 cm³/mol. The number of thiophene rings is 1. The van der Waals surface area contributed by atoms with Gasteiger partial charge in [-0.1, -0.05) is 0 Å². The summed E-state index contributed by atoms with van der Waals surface area (Å²) in [4.78, 5) is 33.2. The zero-order chi connectivity index (χ0) is 19.7. The van der Waals surface area contributed by atoms with Gasteiger partial charge in [0.2, 0.25) is 0 Å². The van der Waals surface area contributed by atoms with Gasteiger partial charge in [0.15, 0.2) is 0 Å². The first-order valence-electron chi connectivity index (χ1n) is 9.73. The van der Waals surface area contributed by atoms with Crippen LogP contribution < -0.4 is 15.8 Å². The van der Waals surface area contributed by atoms with Crippen LogP contribution in [0.15, 0.2) is 35.4 Å². The lowest BCUT2D eigenvalue weighted by Crippen LogP contribution is -2.29. The molecule has 3 heterocycles. The Labute approximate surface area is 167 Å². The Kier molecular flexibility index (Phi) is 5.17. The van der Waals surface area contributed by atoms with Gasteiger partial charge in [0.25, 0.3) is 11.5 Å². The fourth-order valence-electron chi connectivity index (χ4n) is 3.70. The lowest BCUT2D eigenvalue weighted by Gasteiger charge is -2.28. The summed E-state index contributed by atoms with van der Waals surface area (Å²) < 4.78 is 1.56. The summed E-state index contributed by atoms with van der Waals surface area (Å²) in [5.41, 5.74) is 2.55. The molecule has 1 aromatic carbocycles. The third-order valence-electron chi connectivity index (χ3n) is 5.31. The predicted octanol–water partition coefficient (Wildman–Crippen LogP) is 4.03. The second-order valence-electron chi connectivity index (χ2n) is 7.12. The second-order valence-corrected chi connectivity index (χ2v) is 8.12. The number of nitrogens with zero attached hydrogens (tertiary/aromatic N) is 3. The SMILES string of the molecule is CCn1cnc2sc(C(=O)Nc3ccc(N4CCCCC4)cc3)c(C)c2c1=O. The summed E-state index contributed by atoms with van der Waals surface area (Å²) in [7, 11) is 0. The highest BCUT2D eigenvalue weighted by Gasteiger charge is 2.19. The number of piperidine rings is 1. The molecule has 0 aliphatic carbocycles. The molecule has 1 aliphatic rings. The molecule has 0 bridgehead atoms. The number of anilines is 2. The maximum absolute atomic E-state index is 12.8. The summed E-state index contributed by atoms with van der Waals surface area (Å²) in [6, 6.07) is 7.99. The average molecular weight is 397 g/mol. The molecule has 28 heavy (non-hydrogen) atoms. The van der Waals surface area contributed by atoms with Crippen LogP contribution in [-0.4, -0.2) is 28.5 Å². The Morgan fingerprint density at radius 3 is 2.57 bits per heavy atom. The summed E-state index contributed by atoms with van der Waals surface area (Å²) in [5, 5.41) is 3.50. The number of carbonyl (C=O) groups excluding carboxylic acids is 1. The minimum atomic E-state index is -0.200. The Bertz CT molecular complexity index is 1060. The lowest BCUT2D eigenvalue weighted by atomic mass is 10.1. The van der Waals surface area contributed by atoms with Crippen molar-refractivity contribution in [1.29, 1.82) is 0 Å². The van der Waals surface area contributed by atoms with E-state index in [1.54, 1.807) is 10.9 Å². The number of aromatic nitrogens is 2. The Morgan fingerprint density at radius 2 is 1.89 bits per heavy atom. The first-order valence-corrected chi connectivity index (χ1v) is 10.5. The van der Waals surface area contributed by atoms with Gasteiger partial charge in [-0.2, -0.15) is 0 Å². The fourth-order valence-corrected chi connectivity index (χ4v) is 4.73. The van der Waals surface area contributed by atoms with Crippen LogP contribution in [0.2, 0.25) is 0 Å². The molecule has 3 aromatic rings. The van der Waals surface area contributed by atoms with Crippen molar-refractivity contribution < 1.29 is 4.79 Å². The maximum Gasteiger partial charge on any atom is 0.266 e. The number of hydrogen-bond donors (Lipinski definition) is 1. The van der Waals surface area contributed by atoms with Gasteiger partial charge in [-0.25, -0.2) is 4.98 Å². The van der Waals surface area contributed by atoms with Gasteiger partial charge < -0.3 is 10.2 Å². The van der Waals surface area contributed by atoms with Crippen molar-refractivity contribution in [3.63, 3.8) is 0 Å². The molecule has 2 aromatic heterocycles. The van der Waals surface area contributed by atoms with Crippen LogP contribution in [0.5, 0.6) is 0 Å². The first kappa shape index (κ1) is 18.7. The quantitative estimate of drug-likeness (QED) is 0.723. The molecule has 7 heteroatoms. The van der Waals surface area contributed by atoms with Gasteiger partial charge in [-0.15, -0.1) is 11.3 Å². The smallest absolute Gasteiger partial charge is 0.266 e. The van der Waals surface area contributed by atoms with Crippen molar-refractivity contribution in [2.45, 2.75) is 39.7 Å². The highest BCUT2D eigenvalue weighted by atomic mass is 32.1. The summed E-state index contributed by atoms with van der Waals surface area (Å²) in [6.45, 7) is 6.46. The van der Waals surface area contributed by atoms with Crippen molar-refractivity contribution in [2.75, 3.05) is 23.3 Å². The summed E-state index contributed by atoms with van der Waals surface area (Å²) in [5.74, 6) is -0.200. The van der Waals surface area contributed by atoms with Crippen molar-refractivity contribution in [3.8, 4) is 0 Å². The molecule has 6 nitrogen and oxygen atoms in total. The van der Waals surface area contributed by atoms with Crippen LogP contribution in [0.4, 0.5) is 11.4 Å². The van der Waals surface area contributed by atoms with Gasteiger partial charge in [-0.3, -0.25) is 14.2 Å². The van der Waals surface area contributed by atoms with Gasteiger partial charge in [0.05, 0.1) is 16.6 Å². The minimum Gasteiger partial charge on any atom is -0.372 e. The number of amides is 1. The Balaban J connectivity index is 1.56. The van der Waals surface area contributed by atoms with Crippen LogP contribution >= 0.6 is 11.3 Å². The molecule has 0 spiro atoms. The van der Waals surface area contributed by atoms with E-state index in [1.165, 1.54) is 36.3 Å². The number of fused-ring (bicyclic) bond motifs is 1. The first-order chi connectivity index (χ1) is 13.6. The Hall–Kier alpha value is -2.67. The van der Waals surface area contributed by atoms with E-state index < -0.39 is 0 Å². The molecule has 1 N–H and O–H groups in total. The fraction of sp³-hybridized carbons (Fsp3) is 0.381. The van der Waals surface area contributed by atoms with Gasteiger partial charge in [0.1, 0.15) is 4.83 Å². The van der Waals surface area contributed by atoms with E-state index in [-0.39, 0.29) is 11.5 Å². The average Bonchev–Trinajstić information content (AvgIpc) is 3.07. The number of rotatable bonds is 4. The number of aryl methyl sites for hydroxylation is 2. The van der Waals surface area contributed by atoms with Gasteiger partial charge in [0, 0.05) is 31.0 Å². The topological polar surface area (TPSA) is 67.2 Å². The van der Waals surface area contributed by atoms with Crippen molar-refractivity contribution in [3.05, 3.63) is 51.4 Å². The molecule has 0 radical (unpaired) electrons. The Morgan fingerprint density at radius 1 is 1.18 bits per heavy atom. The zero-order valence-corrected chi connectivity index (χ0v) is 17.0. The molecule has 0 saturated carbocycles. The molecule has 1 amide bonds. The van der Waals surface area contributed by atoms with Gasteiger partial charge in [-0.05, 0) is 62.9 Å². The van der Waals surface area contributed by atoms with Crippen LogP contribution in [0.1, 0.15) is 41.4 Å². The van der Waals surface area contributed by atoms with Crippen LogP contribution in [0.3, 0.4) is 0 Å². The highest BCUT2D eigenvalue weighted by Crippen LogP contribution is 2.28. The monoisotopic (exact) mass is 396 g/mol. The molecule has 4 rings (SSSR count). The molecule has 1 aliphatic heterocycles. The second kappa shape index (κ2) is 7.75. The normalized spacial score (nSPS) is 14.4. The summed E-state index contributed by atoms with van der Waals surface area (Å²) >= 11 is 1.27. The largest absolute Gasteiger partial charge is 0.372 e. The number of hydrogen-bond acceptors (Lipinski definition) is 5. The van der Waals surface area contributed by atoms with E-state index in [1.807, 2.05) is 26.0 Å². The molecular weight excluding hydrogens is 372 g/mol. The molecule has 0 unspecified atom stereocenters. The minimum absolute atomic E-state index is 0.0915. The van der Waals surface area contributed by atoms with Crippen molar-refractivity contribution in [1.82, 2.24) is 9.55 Å². The van der Waals surface area contributed by atoms with E-state index in [0.717, 1.165) is 18.8 Å². The van der Waals surface area contributed by atoms with E-state index in [9.17, 15) is 9.59 Å². The van der Waals surface area contributed by atoms with E-state index >= 15 is 0 Å². The van der Waals surface area contributed by atoms with Crippen LogP contribution in [0.25, 0.3) is 10.2 Å².